The van der Waals surface area contributed by atoms with Crippen molar-refractivity contribution < 1.29 is 69.0 Å². The molecule has 2 aromatic carbocycles. The monoisotopic (exact) mass is 580 g/mol. The van der Waals surface area contributed by atoms with E-state index in [4.69, 9.17) is 28.4 Å². The smallest absolute Gasteiger partial charge is 0.229 e. The van der Waals surface area contributed by atoms with Crippen molar-refractivity contribution in [3.63, 3.8) is 0 Å². The maximum absolute atomic E-state index is 12.9. The first-order valence-corrected chi connectivity index (χ1v) is 12.9. The fourth-order valence-electron chi connectivity index (χ4n) is 4.82. The number of carbonyl (C=O) groups is 1. The number of hydrogen-bond acceptors (Lipinski definition) is 14. The number of carbonyl (C=O) groups excluding carboxylic acids is 1. The maximum atomic E-state index is 12.9. The van der Waals surface area contributed by atoms with Crippen molar-refractivity contribution >= 4 is 5.78 Å². The minimum Gasteiger partial charge on any atom is -0.497 e. The van der Waals surface area contributed by atoms with Crippen LogP contribution in [0.1, 0.15) is 22.0 Å². The average molecular weight is 581 g/mol. The fraction of sp³-hybridized carbons (Fsp3) is 0.519. The van der Waals surface area contributed by atoms with E-state index >= 15 is 0 Å². The lowest BCUT2D eigenvalue weighted by molar-refractivity contribution is -0.307. The van der Waals surface area contributed by atoms with Gasteiger partial charge in [-0.25, -0.2) is 0 Å². The molecule has 41 heavy (non-hydrogen) atoms. The van der Waals surface area contributed by atoms with E-state index < -0.39 is 79.9 Å². The van der Waals surface area contributed by atoms with Crippen LogP contribution in [0.25, 0.3) is 0 Å². The van der Waals surface area contributed by atoms with Crippen LogP contribution in [0.15, 0.2) is 42.5 Å². The quantitative estimate of drug-likeness (QED) is 0.189. The van der Waals surface area contributed by atoms with Gasteiger partial charge in [0.15, 0.2) is 24.3 Å². The van der Waals surface area contributed by atoms with Gasteiger partial charge in [-0.2, -0.15) is 0 Å². The highest BCUT2D eigenvalue weighted by Gasteiger charge is 2.46. The molecule has 14 nitrogen and oxygen atoms in total. The Kier molecular flexibility index (Phi) is 8.77. The lowest BCUT2D eigenvalue weighted by Crippen LogP contribution is -2.61. The van der Waals surface area contributed by atoms with Gasteiger partial charge in [0, 0.05) is 6.07 Å². The lowest BCUT2D eigenvalue weighted by Gasteiger charge is -2.41. The summed E-state index contributed by atoms with van der Waals surface area (Å²) in [6, 6.07) is 10.8. The predicted octanol–water partition coefficient (Wildman–Crippen LogP) is -1.99. The second kappa shape index (κ2) is 12.1. The summed E-state index contributed by atoms with van der Waals surface area (Å²) in [4.78, 5) is 12.9. The molecule has 3 aliphatic heterocycles. The normalized spacial score (nSPS) is 37.2. The number of ether oxygens (including phenoxy) is 6. The molecule has 11 atom stereocenters. The molecule has 0 unspecified atom stereocenters. The van der Waals surface area contributed by atoms with E-state index in [0.29, 0.717) is 11.3 Å². The third kappa shape index (κ3) is 5.89. The molecule has 224 valence electrons. The average Bonchev–Trinajstić information content (AvgIpc) is 2.98. The molecule has 0 bridgehead atoms. The van der Waals surface area contributed by atoms with Crippen LogP contribution in [0.4, 0.5) is 0 Å². The fourth-order valence-corrected chi connectivity index (χ4v) is 4.82. The van der Waals surface area contributed by atoms with Gasteiger partial charge >= 0.3 is 0 Å². The molecule has 5 rings (SSSR count). The zero-order chi connectivity index (χ0) is 29.4. The van der Waals surface area contributed by atoms with Crippen LogP contribution in [0.2, 0.25) is 0 Å². The molecule has 3 aliphatic rings. The zero-order valence-electron chi connectivity index (χ0n) is 21.8. The number of fused-ring (bicyclic) bond motifs is 1. The van der Waals surface area contributed by atoms with Gasteiger partial charge < -0.3 is 64.2 Å². The van der Waals surface area contributed by atoms with Crippen molar-refractivity contribution in [1.82, 2.24) is 0 Å². The summed E-state index contributed by atoms with van der Waals surface area (Å²) in [7, 11) is 1.51. The second-order valence-corrected chi connectivity index (χ2v) is 9.99. The molecular formula is C27H32O14. The highest BCUT2D eigenvalue weighted by atomic mass is 16.7. The number of ketones is 1. The highest BCUT2D eigenvalue weighted by molar-refractivity contribution is 6.03. The van der Waals surface area contributed by atoms with Crippen LogP contribution in [-0.4, -0.2) is 123 Å². The Morgan fingerprint density at radius 2 is 1.51 bits per heavy atom. The van der Waals surface area contributed by atoms with E-state index in [9.17, 15) is 40.5 Å². The molecule has 0 radical (unpaired) electrons. The van der Waals surface area contributed by atoms with Crippen molar-refractivity contribution in [2.24, 2.45) is 0 Å². The molecule has 0 aliphatic carbocycles. The summed E-state index contributed by atoms with van der Waals surface area (Å²) >= 11 is 0. The van der Waals surface area contributed by atoms with Gasteiger partial charge in [-0.3, -0.25) is 4.79 Å². The summed E-state index contributed by atoms with van der Waals surface area (Å²) < 4.78 is 33.0. The summed E-state index contributed by atoms with van der Waals surface area (Å²) in [6.45, 7) is -0.748. The van der Waals surface area contributed by atoms with Gasteiger partial charge in [0.05, 0.1) is 25.9 Å². The summed E-state index contributed by atoms with van der Waals surface area (Å²) in [6.07, 6.45) is -16.0. The van der Waals surface area contributed by atoms with Crippen LogP contribution in [0.3, 0.4) is 0 Å². The molecule has 2 fully saturated rings. The Balaban J connectivity index is 1.28. The molecule has 0 spiro atoms. The number of methoxy groups -OCH3 is 1. The number of aliphatic hydroxyl groups excluding tert-OH is 7. The largest absolute Gasteiger partial charge is 0.497 e. The maximum Gasteiger partial charge on any atom is 0.229 e. The Morgan fingerprint density at radius 1 is 0.829 bits per heavy atom. The Labute approximate surface area is 233 Å². The number of Topliss-reactive ketones (excluding diaryl/α,β-unsaturated/α-hetero) is 1. The lowest BCUT2D eigenvalue weighted by atomic mass is 9.93. The molecule has 2 saturated heterocycles. The Bertz CT molecular complexity index is 1210. The number of rotatable bonds is 7. The third-order valence-electron chi connectivity index (χ3n) is 7.27. The van der Waals surface area contributed by atoms with Gasteiger partial charge in [0.1, 0.15) is 60.0 Å². The SMILES string of the molecule is COc1ccc([C@@H]2Oc3cc(O[C@@H]4O[C@H](CO[C@@H]5OC[C@@H](O)[C@H](O)[C@H]5O)[C@@H](O)[C@H](O)[C@H]4O)ccc3C(=O)[C@H]2O)cc1. The van der Waals surface area contributed by atoms with E-state index in [2.05, 4.69) is 0 Å². The molecular weight excluding hydrogens is 548 g/mol. The van der Waals surface area contributed by atoms with Crippen LogP contribution >= 0.6 is 0 Å². The van der Waals surface area contributed by atoms with E-state index in [1.165, 1.54) is 25.3 Å². The van der Waals surface area contributed by atoms with E-state index in [-0.39, 0.29) is 23.7 Å². The second-order valence-electron chi connectivity index (χ2n) is 9.99. The Morgan fingerprint density at radius 3 is 2.22 bits per heavy atom. The zero-order valence-corrected chi connectivity index (χ0v) is 21.8. The van der Waals surface area contributed by atoms with Crippen molar-refractivity contribution in [3.8, 4) is 17.2 Å². The molecule has 7 N–H and O–H groups in total. The molecule has 0 amide bonds. The highest BCUT2D eigenvalue weighted by Crippen LogP contribution is 2.38. The van der Waals surface area contributed by atoms with Crippen LogP contribution in [0, 0.1) is 0 Å². The minimum absolute atomic E-state index is 0.0804. The van der Waals surface area contributed by atoms with E-state index in [1.807, 2.05) is 0 Å². The van der Waals surface area contributed by atoms with Gasteiger partial charge in [-0.1, -0.05) is 12.1 Å². The molecule has 2 aromatic rings. The van der Waals surface area contributed by atoms with E-state index in [1.54, 1.807) is 24.3 Å². The van der Waals surface area contributed by atoms with Crippen molar-refractivity contribution in [3.05, 3.63) is 53.6 Å². The molecule has 3 heterocycles. The predicted molar refractivity (Wildman–Crippen MR) is 134 cm³/mol. The number of hydrogen-bond donors (Lipinski definition) is 7. The van der Waals surface area contributed by atoms with Crippen LogP contribution in [0.5, 0.6) is 17.2 Å². The Hall–Kier alpha value is -2.89. The summed E-state index contributed by atoms with van der Waals surface area (Å²) in [5.74, 6) is 0.209. The first-order chi connectivity index (χ1) is 19.6. The number of aliphatic hydroxyl groups is 7. The standard InChI is InChI=1S/C27H32O14/c1-36-12-4-2-11(3-5-12)25-22(33)18(29)14-7-6-13(8-16(14)40-25)39-27-24(35)21(32)20(31)17(41-27)10-38-26-23(34)19(30)15(28)9-37-26/h2-8,15,17,19-28,30-35H,9-10H2,1H3/t15-,17-,19+,20-,21+,22-,23-,24-,25+,26+,27-/m1/s1. The van der Waals surface area contributed by atoms with Gasteiger partial charge in [-0.05, 0) is 29.8 Å². The first-order valence-electron chi connectivity index (χ1n) is 12.9. The summed E-state index contributed by atoms with van der Waals surface area (Å²) in [5, 5.41) is 71.4. The topological polar surface area (TPSA) is 214 Å². The number of benzene rings is 2. The molecule has 0 aromatic heterocycles. The summed E-state index contributed by atoms with van der Waals surface area (Å²) in [5.41, 5.74) is 0.642. The van der Waals surface area contributed by atoms with Crippen LogP contribution in [-0.2, 0) is 14.2 Å². The van der Waals surface area contributed by atoms with E-state index in [0.717, 1.165) is 0 Å². The van der Waals surface area contributed by atoms with Crippen molar-refractivity contribution in [2.45, 2.75) is 67.5 Å². The molecule has 14 heteroatoms. The van der Waals surface area contributed by atoms with Crippen molar-refractivity contribution in [1.29, 1.82) is 0 Å². The van der Waals surface area contributed by atoms with Crippen molar-refractivity contribution in [2.75, 3.05) is 20.3 Å². The third-order valence-corrected chi connectivity index (χ3v) is 7.27. The van der Waals surface area contributed by atoms with Gasteiger partial charge in [0.2, 0.25) is 6.29 Å². The van der Waals surface area contributed by atoms with Crippen LogP contribution < -0.4 is 14.2 Å². The minimum atomic E-state index is -1.71. The first kappa shape index (κ1) is 29.6. The molecule has 0 saturated carbocycles. The van der Waals surface area contributed by atoms with Gasteiger partial charge in [0.25, 0.3) is 0 Å². The van der Waals surface area contributed by atoms with Gasteiger partial charge in [-0.15, -0.1) is 0 Å².